The highest BCUT2D eigenvalue weighted by molar-refractivity contribution is 9.10. The molecule has 0 bridgehead atoms. The molecule has 194 valence electrons. The van der Waals surface area contributed by atoms with Crippen molar-refractivity contribution in [2.24, 2.45) is 0 Å². The van der Waals surface area contributed by atoms with Gasteiger partial charge < -0.3 is 9.52 Å². The number of aliphatic hydroxyl groups excluding tert-OH is 1. The number of Topliss-reactive ketones (excluding diaryl/α,β-unsaturated/α-hetero) is 1. The first-order valence-electron chi connectivity index (χ1n) is 11.7. The number of carbonyl (C=O) groups is 2. The predicted molar refractivity (Wildman–Crippen MR) is 155 cm³/mol. The van der Waals surface area contributed by atoms with Gasteiger partial charge in [0.25, 0.3) is 5.91 Å². The molecule has 6 rings (SSSR count). The SMILES string of the molecule is O=C(C1=C(O)C(=O)N(c2nnc(SCc3ccccc3Cl)s2)C1c1ccc(Br)cc1)c1cc2ccccc2o1. The minimum absolute atomic E-state index is 0.0303. The zero-order valence-corrected chi connectivity index (χ0v) is 23.9. The first kappa shape index (κ1) is 25.8. The fourth-order valence-corrected chi connectivity index (χ4v) is 6.75. The molecule has 1 aliphatic heterocycles. The van der Waals surface area contributed by atoms with Gasteiger partial charge in [0, 0.05) is 20.6 Å². The summed E-state index contributed by atoms with van der Waals surface area (Å²) in [5.74, 6) is -1.36. The van der Waals surface area contributed by atoms with Crippen LogP contribution in [0.4, 0.5) is 5.13 Å². The van der Waals surface area contributed by atoms with E-state index >= 15 is 0 Å². The molecule has 0 radical (unpaired) electrons. The summed E-state index contributed by atoms with van der Waals surface area (Å²) in [6, 6.07) is 22.6. The van der Waals surface area contributed by atoms with Gasteiger partial charge >= 0.3 is 0 Å². The van der Waals surface area contributed by atoms with Crippen LogP contribution in [-0.4, -0.2) is 27.0 Å². The van der Waals surface area contributed by atoms with E-state index in [1.54, 1.807) is 30.3 Å². The molecular formula is C28H17BrClN3O4S2. The molecule has 3 aromatic carbocycles. The molecule has 0 aliphatic carbocycles. The van der Waals surface area contributed by atoms with E-state index in [1.165, 1.54) is 28.0 Å². The van der Waals surface area contributed by atoms with Crippen LogP contribution in [0.5, 0.6) is 0 Å². The molecule has 2 aromatic heterocycles. The molecule has 7 nitrogen and oxygen atoms in total. The monoisotopic (exact) mass is 637 g/mol. The second-order valence-corrected chi connectivity index (χ2v) is 12.1. The summed E-state index contributed by atoms with van der Waals surface area (Å²) in [6.45, 7) is 0. The van der Waals surface area contributed by atoms with Gasteiger partial charge in [-0.15, -0.1) is 10.2 Å². The Morgan fingerprint density at radius 2 is 1.82 bits per heavy atom. The van der Waals surface area contributed by atoms with Crippen LogP contribution in [0.1, 0.15) is 27.7 Å². The minimum Gasteiger partial charge on any atom is -0.503 e. The zero-order valence-electron chi connectivity index (χ0n) is 19.9. The number of hydrogen-bond donors (Lipinski definition) is 1. The maximum Gasteiger partial charge on any atom is 0.296 e. The lowest BCUT2D eigenvalue weighted by Crippen LogP contribution is -2.31. The first-order chi connectivity index (χ1) is 18.9. The topological polar surface area (TPSA) is 96.5 Å². The van der Waals surface area contributed by atoms with E-state index in [-0.39, 0.29) is 16.5 Å². The molecule has 3 heterocycles. The number of aromatic nitrogens is 2. The van der Waals surface area contributed by atoms with Crippen LogP contribution < -0.4 is 4.90 Å². The highest BCUT2D eigenvalue weighted by Crippen LogP contribution is 2.44. The van der Waals surface area contributed by atoms with Gasteiger partial charge in [-0.25, -0.2) is 0 Å². The molecule has 11 heteroatoms. The molecule has 5 aromatic rings. The number of hydrogen-bond acceptors (Lipinski definition) is 8. The van der Waals surface area contributed by atoms with E-state index < -0.39 is 23.5 Å². The summed E-state index contributed by atoms with van der Waals surface area (Å²) >= 11 is 12.3. The van der Waals surface area contributed by atoms with Gasteiger partial charge in [0.1, 0.15) is 5.58 Å². The van der Waals surface area contributed by atoms with E-state index in [0.717, 1.165) is 15.4 Å². The summed E-state index contributed by atoms with van der Waals surface area (Å²) in [6.07, 6.45) is 0. The van der Waals surface area contributed by atoms with Crippen molar-refractivity contribution in [3.8, 4) is 0 Å². The van der Waals surface area contributed by atoms with E-state index in [9.17, 15) is 14.7 Å². The third-order valence-corrected chi connectivity index (χ3v) is 9.20. The molecule has 1 amide bonds. The normalized spacial score (nSPS) is 15.5. The van der Waals surface area contributed by atoms with Crippen LogP contribution in [0.25, 0.3) is 11.0 Å². The average molecular weight is 639 g/mol. The van der Waals surface area contributed by atoms with Gasteiger partial charge in [-0.05, 0) is 41.5 Å². The maximum absolute atomic E-state index is 13.7. The van der Waals surface area contributed by atoms with Crippen LogP contribution in [0.3, 0.4) is 0 Å². The molecule has 0 fully saturated rings. The van der Waals surface area contributed by atoms with E-state index in [0.29, 0.717) is 26.3 Å². The number of aliphatic hydroxyl groups is 1. The minimum atomic E-state index is -0.930. The lowest BCUT2D eigenvalue weighted by Gasteiger charge is -2.23. The van der Waals surface area contributed by atoms with Crippen molar-refractivity contribution in [3.63, 3.8) is 0 Å². The van der Waals surface area contributed by atoms with Crippen molar-refractivity contribution in [3.05, 3.63) is 117 Å². The largest absolute Gasteiger partial charge is 0.503 e. The molecule has 1 unspecified atom stereocenters. The van der Waals surface area contributed by atoms with Crippen LogP contribution in [0.15, 0.2) is 103 Å². The molecule has 0 saturated carbocycles. The Labute approximate surface area is 244 Å². The third kappa shape index (κ3) is 4.89. The van der Waals surface area contributed by atoms with Gasteiger partial charge in [0.15, 0.2) is 15.9 Å². The number of para-hydroxylation sites is 1. The number of nitrogens with zero attached hydrogens (tertiary/aromatic N) is 3. The number of carbonyl (C=O) groups excluding carboxylic acids is 2. The number of benzene rings is 3. The zero-order chi connectivity index (χ0) is 27.1. The van der Waals surface area contributed by atoms with Gasteiger partial charge in [0.2, 0.25) is 10.9 Å². The number of amides is 1. The molecule has 1 atom stereocenters. The second kappa shape index (κ2) is 10.6. The van der Waals surface area contributed by atoms with E-state index in [1.807, 2.05) is 48.5 Å². The van der Waals surface area contributed by atoms with Crippen molar-refractivity contribution >= 4 is 78.4 Å². The summed E-state index contributed by atoms with van der Waals surface area (Å²) in [5.41, 5.74) is 2.02. The lowest BCUT2D eigenvalue weighted by atomic mass is 9.95. The number of halogens is 2. The highest BCUT2D eigenvalue weighted by atomic mass is 79.9. The van der Waals surface area contributed by atoms with Crippen molar-refractivity contribution in [2.45, 2.75) is 16.1 Å². The van der Waals surface area contributed by atoms with Crippen molar-refractivity contribution in [1.29, 1.82) is 0 Å². The molecule has 0 saturated heterocycles. The highest BCUT2D eigenvalue weighted by Gasteiger charge is 2.46. The molecular weight excluding hydrogens is 622 g/mol. The quantitative estimate of drug-likeness (QED) is 0.110. The Morgan fingerprint density at radius 1 is 1.08 bits per heavy atom. The first-order valence-corrected chi connectivity index (χ1v) is 14.6. The second-order valence-electron chi connectivity index (χ2n) is 8.60. The van der Waals surface area contributed by atoms with E-state index in [2.05, 4.69) is 26.1 Å². The van der Waals surface area contributed by atoms with E-state index in [4.69, 9.17) is 16.0 Å². The fourth-order valence-electron chi connectivity index (χ4n) is 4.33. The third-order valence-electron chi connectivity index (χ3n) is 6.20. The van der Waals surface area contributed by atoms with Gasteiger partial charge in [-0.1, -0.05) is 99.2 Å². The van der Waals surface area contributed by atoms with Gasteiger partial charge in [-0.2, -0.15) is 0 Å². The molecule has 1 aliphatic rings. The number of thioether (sulfide) groups is 1. The number of rotatable bonds is 7. The standard InChI is InChI=1S/C28H17BrClN3O4S2/c29-18-11-9-15(10-12-18)23-22(24(34)21-13-16-5-2-4-8-20(16)37-21)25(35)26(36)33(23)27-31-32-28(39-27)38-14-17-6-1-3-7-19(17)30/h1-13,23,35H,14H2. The van der Waals surface area contributed by atoms with Crippen LogP contribution in [-0.2, 0) is 10.5 Å². The van der Waals surface area contributed by atoms with Crippen molar-refractivity contribution in [1.82, 2.24) is 10.2 Å². The fraction of sp³-hybridized carbons (Fsp3) is 0.0714. The van der Waals surface area contributed by atoms with Gasteiger partial charge in [-0.3, -0.25) is 14.5 Å². The van der Waals surface area contributed by atoms with Crippen LogP contribution in [0, 0.1) is 0 Å². The summed E-state index contributed by atoms with van der Waals surface area (Å²) in [4.78, 5) is 28.5. The Balaban J connectivity index is 1.36. The number of anilines is 1. The summed E-state index contributed by atoms with van der Waals surface area (Å²) in [5, 5.41) is 21.2. The van der Waals surface area contributed by atoms with Crippen molar-refractivity contribution in [2.75, 3.05) is 4.90 Å². The Kier molecular flexibility index (Phi) is 7.03. The smallest absolute Gasteiger partial charge is 0.296 e. The van der Waals surface area contributed by atoms with Gasteiger partial charge in [0.05, 0.1) is 11.6 Å². The maximum atomic E-state index is 13.7. The van der Waals surface area contributed by atoms with Crippen LogP contribution >= 0.6 is 50.6 Å². The predicted octanol–water partition coefficient (Wildman–Crippen LogP) is 7.78. The lowest BCUT2D eigenvalue weighted by molar-refractivity contribution is -0.117. The molecule has 39 heavy (non-hydrogen) atoms. The summed E-state index contributed by atoms with van der Waals surface area (Å²) in [7, 11) is 0. The Bertz CT molecular complexity index is 1730. The molecule has 1 N–H and O–H groups in total. The number of ketones is 1. The number of furan rings is 1. The van der Waals surface area contributed by atoms with Crippen molar-refractivity contribution < 1.29 is 19.1 Å². The average Bonchev–Trinajstić information content (AvgIpc) is 3.65. The summed E-state index contributed by atoms with van der Waals surface area (Å²) < 4.78 is 7.23. The Morgan fingerprint density at radius 3 is 2.59 bits per heavy atom. The number of fused-ring (bicyclic) bond motifs is 1. The molecule has 0 spiro atoms. The Hall–Kier alpha value is -3.44. The van der Waals surface area contributed by atoms with Crippen LogP contribution in [0.2, 0.25) is 5.02 Å².